The van der Waals surface area contributed by atoms with Crippen molar-refractivity contribution in [1.82, 2.24) is 4.90 Å². The molecule has 2 aliphatic rings. The highest BCUT2D eigenvalue weighted by molar-refractivity contribution is 5.95. The lowest BCUT2D eigenvalue weighted by atomic mass is 9.94. The van der Waals surface area contributed by atoms with Crippen molar-refractivity contribution in [1.29, 1.82) is 0 Å². The summed E-state index contributed by atoms with van der Waals surface area (Å²) in [5, 5.41) is 3.34. The van der Waals surface area contributed by atoms with E-state index in [-0.39, 0.29) is 18.3 Å². The van der Waals surface area contributed by atoms with Gasteiger partial charge in [-0.15, -0.1) is 12.4 Å². The molecule has 0 aliphatic carbocycles. The average molecular weight is 295 g/mol. The third kappa shape index (κ3) is 2.78. The van der Waals surface area contributed by atoms with Gasteiger partial charge in [0.25, 0.3) is 5.91 Å². The van der Waals surface area contributed by atoms with Gasteiger partial charge < -0.3 is 10.2 Å². The molecule has 110 valence electrons. The zero-order valence-electron chi connectivity index (χ0n) is 12.2. The summed E-state index contributed by atoms with van der Waals surface area (Å²) in [7, 11) is 0. The highest BCUT2D eigenvalue weighted by Gasteiger charge is 2.28. The van der Waals surface area contributed by atoms with Gasteiger partial charge in [-0.2, -0.15) is 0 Å². The van der Waals surface area contributed by atoms with E-state index in [2.05, 4.69) is 30.1 Å². The smallest absolute Gasteiger partial charge is 0.254 e. The molecular weight excluding hydrogens is 272 g/mol. The van der Waals surface area contributed by atoms with Crippen molar-refractivity contribution in [2.45, 2.75) is 39.2 Å². The van der Waals surface area contributed by atoms with E-state index >= 15 is 0 Å². The Morgan fingerprint density at radius 2 is 2.10 bits per heavy atom. The first-order valence-corrected chi connectivity index (χ1v) is 7.33. The van der Waals surface area contributed by atoms with Crippen LogP contribution in [-0.4, -0.2) is 29.9 Å². The summed E-state index contributed by atoms with van der Waals surface area (Å²) in [6, 6.07) is 6.46. The van der Waals surface area contributed by atoms with Crippen LogP contribution in [-0.2, 0) is 6.42 Å². The molecule has 1 N–H and O–H groups in total. The number of nitrogens with one attached hydrogen (secondary N) is 1. The van der Waals surface area contributed by atoms with E-state index in [1.54, 1.807) is 0 Å². The van der Waals surface area contributed by atoms with E-state index in [1.165, 1.54) is 17.7 Å². The van der Waals surface area contributed by atoms with Crippen molar-refractivity contribution in [2.75, 3.05) is 18.4 Å². The molecule has 0 spiro atoms. The van der Waals surface area contributed by atoms with E-state index in [0.717, 1.165) is 31.5 Å². The van der Waals surface area contributed by atoms with Crippen molar-refractivity contribution in [2.24, 2.45) is 5.92 Å². The highest BCUT2D eigenvalue weighted by atomic mass is 35.5. The number of piperidine rings is 1. The fourth-order valence-electron chi connectivity index (χ4n) is 3.18. The van der Waals surface area contributed by atoms with Crippen LogP contribution in [0.4, 0.5) is 5.69 Å². The van der Waals surface area contributed by atoms with Crippen LogP contribution in [0.5, 0.6) is 0 Å². The van der Waals surface area contributed by atoms with E-state index in [4.69, 9.17) is 0 Å². The molecular formula is C16H23ClN2O. The number of fused-ring (bicyclic) bond motifs is 1. The van der Waals surface area contributed by atoms with Crippen molar-refractivity contribution >= 4 is 24.0 Å². The van der Waals surface area contributed by atoms with Gasteiger partial charge in [0.2, 0.25) is 0 Å². The Kier molecular flexibility index (Phi) is 4.59. The standard InChI is InChI=1S/C16H22N2O.ClH/c1-11-3-4-12(2)18(10-11)16(19)14-5-6-15-13(9-14)7-8-17-15;/h5-6,9,11-12,17H,3-4,7-8,10H2,1-2H3;1H. The van der Waals surface area contributed by atoms with E-state index in [1.807, 2.05) is 12.1 Å². The lowest BCUT2D eigenvalue weighted by Gasteiger charge is -2.37. The molecule has 2 atom stereocenters. The fraction of sp³-hybridized carbons (Fsp3) is 0.562. The number of hydrogen-bond acceptors (Lipinski definition) is 2. The molecule has 1 saturated heterocycles. The van der Waals surface area contributed by atoms with Crippen LogP contribution in [0.25, 0.3) is 0 Å². The number of benzene rings is 1. The molecule has 1 aromatic rings. The minimum atomic E-state index is 0. The van der Waals surface area contributed by atoms with Gasteiger partial charge in [0.05, 0.1) is 0 Å². The lowest BCUT2D eigenvalue weighted by Crippen LogP contribution is -2.44. The van der Waals surface area contributed by atoms with Gasteiger partial charge in [0, 0.05) is 30.4 Å². The molecule has 2 unspecified atom stereocenters. The summed E-state index contributed by atoms with van der Waals surface area (Å²) >= 11 is 0. The summed E-state index contributed by atoms with van der Waals surface area (Å²) < 4.78 is 0. The predicted octanol–water partition coefficient (Wildman–Crippen LogP) is 3.34. The molecule has 3 rings (SSSR count). The zero-order chi connectivity index (χ0) is 13.4. The molecule has 0 aromatic heterocycles. The molecule has 2 heterocycles. The molecule has 0 radical (unpaired) electrons. The van der Waals surface area contributed by atoms with Crippen LogP contribution in [0.1, 0.15) is 42.6 Å². The molecule has 2 aliphatic heterocycles. The molecule has 1 amide bonds. The third-order valence-corrected chi connectivity index (χ3v) is 4.44. The largest absolute Gasteiger partial charge is 0.384 e. The van der Waals surface area contributed by atoms with E-state index in [9.17, 15) is 4.79 Å². The van der Waals surface area contributed by atoms with Crippen molar-refractivity contribution in [3.8, 4) is 0 Å². The van der Waals surface area contributed by atoms with E-state index < -0.39 is 0 Å². The zero-order valence-corrected chi connectivity index (χ0v) is 13.0. The van der Waals surface area contributed by atoms with Crippen LogP contribution < -0.4 is 5.32 Å². The van der Waals surface area contributed by atoms with Gasteiger partial charge in [0.1, 0.15) is 0 Å². The van der Waals surface area contributed by atoms with Gasteiger partial charge in [-0.05, 0) is 55.9 Å². The van der Waals surface area contributed by atoms with Crippen molar-refractivity contribution in [3.05, 3.63) is 29.3 Å². The molecule has 1 fully saturated rings. The first-order valence-electron chi connectivity index (χ1n) is 7.33. The maximum absolute atomic E-state index is 12.7. The Balaban J connectivity index is 0.00000147. The summed E-state index contributed by atoms with van der Waals surface area (Å²) in [6.45, 7) is 6.29. The van der Waals surface area contributed by atoms with Gasteiger partial charge in [-0.25, -0.2) is 0 Å². The quantitative estimate of drug-likeness (QED) is 0.861. The topological polar surface area (TPSA) is 32.3 Å². The van der Waals surface area contributed by atoms with Gasteiger partial charge >= 0.3 is 0 Å². The lowest BCUT2D eigenvalue weighted by molar-refractivity contribution is 0.0574. The van der Waals surface area contributed by atoms with E-state index in [0.29, 0.717) is 12.0 Å². The summed E-state index contributed by atoms with van der Waals surface area (Å²) in [5.41, 5.74) is 3.32. The van der Waals surface area contributed by atoms with Crippen LogP contribution in [0.3, 0.4) is 0 Å². The number of hydrogen-bond donors (Lipinski definition) is 1. The normalized spacial score (nSPS) is 24.6. The highest BCUT2D eigenvalue weighted by Crippen LogP contribution is 2.26. The van der Waals surface area contributed by atoms with Crippen molar-refractivity contribution in [3.63, 3.8) is 0 Å². The second-order valence-electron chi connectivity index (χ2n) is 6.04. The van der Waals surface area contributed by atoms with Gasteiger partial charge in [-0.1, -0.05) is 6.92 Å². The van der Waals surface area contributed by atoms with Crippen LogP contribution in [0, 0.1) is 5.92 Å². The van der Waals surface area contributed by atoms with Crippen LogP contribution in [0.2, 0.25) is 0 Å². The summed E-state index contributed by atoms with van der Waals surface area (Å²) in [5.74, 6) is 0.824. The first kappa shape index (κ1) is 15.2. The minimum absolute atomic E-state index is 0. The van der Waals surface area contributed by atoms with Gasteiger partial charge in [0.15, 0.2) is 0 Å². The number of anilines is 1. The Labute approximate surface area is 127 Å². The number of nitrogens with zero attached hydrogens (tertiary/aromatic N) is 1. The Morgan fingerprint density at radius 3 is 2.90 bits per heavy atom. The molecule has 20 heavy (non-hydrogen) atoms. The van der Waals surface area contributed by atoms with Crippen LogP contribution in [0.15, 0.2) is 18.2 Å². The molecule has 0 bridgehead atoms. The molecule has 3 nitrogen and oxygen atoms in total. The minimum Gasteiger partial charge on any atom is -0.384 e. The molecule has 1 aromatic carbocycles. The monoisotopic (exact) mass is 294 g/mol. The maximum Gasteiger partial charge on any atom is 0.254 e. The number of carbonyl (C=O) groups excluding carboxylic acids is 1. The summed E-state index contributed by atoms with van der Waals surface area (Å²) in [4.78, 5) is 14.7. The summed E-state index contributed by atoms with van der Waals surface area (Å²) in [6.07, 6.45) is 3.39. The van der Waals surface area contributed by atoms with Crippen molar-refractivity contribution < 1.29 is 4.79 Å². The average Bonchev–Trinajstić information content (AvgIpc) is 2.88. The first-order chi connectivity index (χ1) is 9.15. The number of rotatable bonds is 1. The Bertz CT molecular complexity index is 503. The SMILES string of the molecule is CC1CCC(C)N(C(=O)c2ccc3c(c2)CCN3)C1.Cl. The number of carbonyl (C=O) groups is 1. The maximum atomic E-state index is 12.7. The molecule has 4 heteroatoms. The predicted molar refractivity (Wildman–Crippen MR) is 84.8 cm³/mol. The molecule has 0 saturated carbocycles. The second-order valence-corrected chi connectivity index (χ2v) is 6.04. The number of amides is 1. The number of likely N-dealkylation sites (tertiary alicyclic amines) is 1. The van der Waals surface area contributed by atoms with Crippen LogP contribution >= 0.6 is 12.4 Å². The Morgan fingerprint density at radius 1 is 1.30 bits per heavy atom. The Hall–Kier alpha value is -1.22. The third-order valence-electron chi connectivity index (χ3n) is 4.44. The fourth-order valence-corrected chi connectivity index (χ4v) is 3.18. The second kappa shape index (κ2) is 6.04. The van der Waals surface area contributed by atoms with Gasteiger partial charge in [-0.3, -0.25) is 4.79 Å². The number of halogens is 1.